The number of rotatable bonds is 7. The van der Waals surface area contributed by atoms with Gasteiger partial charge in [0, 0.05) is 19.3 Å². The van der Waals surface area contributed by atoms with Crippen molar-refractivity contribution in [3.05, 3.63) is 35.6 Å². The minimum Gasteiger partial charge on any atom is -0.381 e. The van der Waals surface area contributed by atoms with Crippen molar-refractivity contribution in [2.24, 2.45) is 5.73 Å². The van der Waals surface area contributed by atoms with E-state index in [2.05, 4.69) is 6.92 Å². The van der Waals surface area contributed by atoms with Crippen LogP contribution >= 0.6 is 0 Å². The summed E-state index contributed by atoms with van der Waals surface area (Å²) in [6.45, 7) is 3.50. The fraction of sp³-hybridized carbons (Fsp3) is 0.538. The Kier molecular flexibility index (Phi) is 6.04. The first-order valence-corrected chi connectivity index (χ1v) is 5.80. The highest BCUT2D eigenvalue weighted by Gasteiger charge is 2.07. The minimum atomic E-state index is -0.174. The fourth-order valence-electron chi connectivity index (χ4n) is 1.53. The molecule has 0 amide bonds. The highest BCUT2D eigenvalue weighted by atomic mass is 19.1. The number of ether oxygens (including phenoxy) is 1. The summed E-state index contributed by atoms with van der Waals surface area (Å²) >= 11 is 0. The summed E-state index contributed by atoms with van der Waals surface area (Å²) in [6.07, 6.45) is 2.36. The minimum absolute atomic E-state index is 0.0336. The quantitative estimate of drug-likeness (QED) is 0.724. The average molecular weight is 225 g/mol. The Morgan fingerprint density at radius 2 is 2.06 bits per heavy atom. The lowest BCUT2D eigenvalue weighted by atomic mass is 10.0. The molecule has 90 valence electrons. The predicted octanol–water partition coefficient (Wildman–Crippen LogP) is 2.51. The Morgan fingerprint density at radius 1 is 1.31 bits per heavy atom. The van der Waals surface area contributed by atoms with Crippen LogP contribution in [0, 0.1) is 5.82 Å². The molecule has 2 N–H and O–H groups in total. The Hall–Kier alpha value is -0.930. The maximum Gasteiger partial charge on any atom is 0.126 e. The molecule has 1 atom stereocenters. The summed E-state index contributed by atoms with van der Waals surface area (Å²) < 4.78 is 18.7. The van der Waals surface area contributed by atoms with Crippen LogP contribution in [0.2, 0.25) is 0 Å². The van der Waals surface area contributed by atoms with E-state index in [1.54, 1.807) is 12.1 Å². The van der Waals surface area contributed by atoms with Crippen molar-refractivity contribution in [1.29, 1.82) is 0 Å². The molecule has 0 saturated heterocycles. The molecular formula is C13H20FNO. The monoisotopic (exact) mass is 225 g/mol. The molecule has 0 aliphatic heterocycles. The zero-order valence-corrected chi connectivity index (χ0v) is 9.79. The van der Waals surface area contributed by atoms with Crippen LogP contribution in [-0.2, 0) is 11.2 Å². The van der Waals surface area contributed by atoms with Gasteiger partial charge in [-0.05, 0) is 30.9 Å². The average Bonchev–Trinajstić information content (AvgIpc) is 2.28. The molecule has 0 aromatic heterocycles. The highest BCUT2D eigenvalue weighted by molar-refractivity contribution is 5.18. The third kappa shape index (κ3) is 4.73. The van der Waals surface area contributed by atoms with Crippen LogP contribution in [0.1, 0.15) is 25.3 Å². The van der Waals surface area contributed by atoms with Gasteiger partial charge in [-0.3, -0.25) is 0 Å². The van der Waals surface area contributed by atoms with Crippen LogP contribution in [0.25, 0.3) is 0 Å². The Bertz CT molecular complexity index is 304. The molecule has 2 nitrogen and oxygen atoms in total. The standard InChI is InChI=1S/C13H20FNO/c1-2-8-16-9-7-12(15)10-11-5-3-4-6-13(11)14/h3-6,12H,2,7-10,15H2,1H3. The molecule has 0 bridgehead atoms. The first kappa shape index (κ1) is 13.1. The van der Waals surface area contributed by atoms with E-state index in [-0.39, 0.29) is 11.9 Å². The summed E-state index contributed by atoms with van der Waals surface area (Å²) in [7, 11) is 0. The molecule has 0 heterocycles. The normalized spacial score (nSPS) is 12.7. The van der Waals surface area contributed by atoms with Gasteiger partial charge in [-0.15, -0.1) is 0 Å². The zero-order chi connectivity index (χ0) is 11.8. The Morgan fingerprint density at radius 3 is 2.75 bits per heavy atom. The second-order valence-corrected chi connectivity index (χ2v) is 3.96. The lowest BCUT2D eigenvalue weighted by molar-refractivity contribution is 0.127. The highest BCUT2D eigenvalue weighted by Crippen LogP contribution is 2.09. The molecule has 0 aliphatic rings. The van der Waals surface area contributed by atoms with Crippen molar-refractivity contribution in [2.45, 2.75) is 32.2 Å². The largest absolute Gasteiger partial charge is 0.381 e. The topological polar surface area (TPSA) is 35.2 Å². The number of nitrogens with two attached hydrogens (primary N) is 1. The molecule has 0 radical (unpaired) electrons. The first-order valence-electron chi connectivity index (χ1n) is 5.80. The summed E-state index contributed by atoms with van der Waals surface area (Å²) in [6, 6.07) is 6.74. The SMILES string of the molecule is CCCOCCC(N)Cc1ccccc1F. The van der Waals surface area contributed by atoms with Gasteiger partial charge in [0.25, 0.3) is 0 Å². The third-order valence-corrected chi connectivity index (χ3v) is 2.42. The van der Waals surface area contributed by atoms with Crippen molar-refractivity contribution < 1.29 is 9.13 Å². The molecule has 0 spiro atoms. The van der Waals surface area contributed by atoms with E-state index in [1.807, 2.05) is 6.07 Å². The second kappa shape index (κ2) is 7.36. The van der Waals surface area contributed by atoms with E-state index in [9.17, 15) is 4.39 Å². The summed E-state index contributed by atoms with van der Waals surface area (Å²) in [5, 5.41) is 0. The van der Waals surface area contributed by atoms with Gasteiger partial charge in [0.15, 0.2) is 0 Å². The number of benzene rings is 1. The van der Waals surface area contributed by atoms with E-state index in [4.69, 9.17) is 10.5 Å². The van der Waals surface area contributed by atoms with Crippen LogP contribution in [0.3, 0.4) is 0 Å². The molecule has 0 fully saturated rings. The molecule has 1 aromatic carbocycles. The zero-order valence-electron chi connectivity index (χ0n) is 9.79. The number of hydrogen-bond acceptors (Lipinski definition) is 2. The van der Waals surface area contributed by atoms with Gasteiger partial charge in [0.05, 0.1) is 0 Å². The van der Waals surface area contributed by atoms with Crippen molar-refractivity contribution >= 4 is 0 Å². The van der Waals surface area contributed by atoms with E-state index in [0.717, 1.165) is 19.4 Å². The van der Waals surface area contributed by atoms with Gasteiger partial charge < -0.3 is 10.5 Å². The molecular weight excluding hydrogens is 205 g/mol. The molecule has 16 heavy (non-hydrogen) atoms. The fourth-order valence-corrected chi connectivity index (χ4v) is 1.53. The Balaban J connectivity index is 2.28. The third-order valence-electron chi connectivity index (χ3n) is 2.42. The molecule has 1 rings (SSSR count). The van der Waals surface area contributed by atoms with Crippen molar-refractivity contribution in [2.75, 3.05) is 13.2 Å². The number of halogens is 1. The van der Waals surface area contributed by atoms with Crippen molar-refractivity contribution in [3.63, 3.8) is 0 Å². The van der Waals surface area contributed by atoms with Gasteiger partial charge in [-0.25, -0.2) is 4.39 Å². The molecule has 0 aliphatic carbocycles. The van der Waals surface area contributed by atoms with E-state index >= 15 is 0 Å². The van der Waals surface area contributed by atoms with Crippen LogP contribution in [0.15, 0.2) is 24.3 Å². The molecule has 0 saturated carbocycles. The lowest BCUT2D eigenvalue weighted by Crippen LogP contribution is -2.25. The lowest BCUT2D eigenvalue weighted by Gasteiger charge is -2.12. The first-order chi connectivity index (χ1) is 7.74. The van der Waals surface area contributed by atoms with Crippen LogP contribution in [0.5, 0.6) is 0 Å². The summed E-state index contributed by atoms with van der Waals surface area (Å²) in [5.41, 5.74) is 6.60. The van der Waals surface area contributed by atoms with Crippen molar-refractivity contribution in [1.82, 2.24) is 0 Å². The molecule has 1 aromatic rings. The molecule has 3 heteroatoms. The van der Waals surface area contributed by atoms with E-state index in [1.165, 1.54) is 6.07 Å². The predicted molar refractivity (Wildman–Crippen MR) is 63.8 cm³/mol. The smallest absolute Gasteiger partial charge is 0.126 e. The van der Waals surface area contributed by atoms with E-state index < -0.39 is 0 Å². The molecule has 1 unspecified atom stereocenters. The van der Waals surface area contributed by atoms with Crippen LogP contribution in [0.4, 0.5) is 4.39 Å². The van der Waals surface area contributed by atoms with Gasteiger partial charge >= 0.3 is 0 Å². The van der Waals surface area contributed by atoms with Crippen molar-refractivity contribution in [3.8, 4) is 0 Å². The summed E-state index contributed by atoms with van der Waals surface area (Å²) in [4.78, 5) is 0. The van der Waals surface area contributed by atoms with E-state index in [0.29, 0.717) is 18.6 Å². The van der Waals surface area contributed by atoms with Gasteiger partial charge in [-0.1, -0.05) is 25.1 Å². The maximum atomic E-state index is 13.3. The second-order valence-electron chi connectivity index (χ2n) is 3.96. The van der Waals surface area contributed by atoms with Crippen LogP contribution < -0.4 is 5.73 Å². The van der Waals surface area contributed by atoms with Gasteiger partial charge in [-0.2, -0.15) is 0 Å². The van der Waals surface area contributed by atoms with Gasteiger partial charge in [0.2, 0.25) is 0 Å². The maximum absolute atomic E-state index is 13.3. The van der Waals surface area contributed by atoms with Gasteiger partial charge in [0.1, 0.15) is 5.82 Å². The number of hydrogen-bond donors (Lipinski definition) is 1. The van der Waals surface area contributed by atoms with Crippen LogP contribution in [-0.4, -0.2) is 19.3 Å². The summed E-state index contributed by atoms with van der Waals surface area (Å²) in [5.74, 6) is -0.174. The Labute approximate surface area is 96.6 Å².